The average Bonchev–Trinajstić information content (AvgIpc) is 2.97. The lowest BCUT2D eigenvalue weighted by molar-refractivity contribution is -0.157. The highest BCUT2D eigenvalue weighted by Gasteiger charge is 2.31. The van der Waals surface area contributed by atoms with Crippen molar-refractivity contribution < 1.29 is 27.8 Å². The first-order chi connectivity index (χ1) is 19.4. The lowest BCUT2D eigenvalue weighted by Gasteiger charge is -2.31. The Morgan fingerprint density at radius 3 is 1.73 bits per heavy atom. The van der Waals surface area contributed by atoms with Crippen LogP contribution in [-0.4, -0.2) is 36.5 Å². The Morgan fingerprint density at radius 1 is 0.800 bits per heavy atom. The molecule has 1 aromatic rings. The number of carbonyl (C=O) groups excluding carboxylic acids is 2. The van der Waals surface area contributed by atoms with Crippen LogP contribution in [0.2, 0.25) is 0 Å². The highest BCUT2D eigenvalue weighted by Crippen LogP contribution is 2.39. The first kappa shape index (κ1) is 32.0. The maximum absolute atomic E-state index is 14.1. The van der Waals surface area contributed by atoms with Gasteiger partial charge in [-0.1, -0.05) is 51.7 Å². The summed E-state index contributed by atoms with van der Waals surface area (Å²) >= 11 is 0. The fourth-order valence-electron chi connectivity index (χ4n) is 6.15. The van der Waals surface area contributed by atoms with E-state index in [1.165, 1.54) is 0 Å². The van der Waals surface area contributed by atoms with Crippen molar-refractivity contribution in [3.63, 3.8) is 0 Å². The highest BCUT2D eigenvalue weighted by molar-refractivity contribution is 5.75. The molecule has 2 saturated carbocycles. The number of nitrogens with zero attached hydrogens (tertiary/aromatic N) is 1. The van der Waals surface area contributed by atoms with Crippen LogP contribution in [0.1, 0.15) is 145 Å². The van der Waals surface area contributed by atoms with E-state index in [4.69, 9.17) is 9.47 Å². The summed E-state index contributed by atoms with van der Waals surface area (Å²) in [6.45, 7) is 4.09. The van der Waals surface area contributed by atoms with Crippen molar-refractivity contribution in [2.75, 3.05) is 0 Å². The Morgan fingerprint density at radius 2 is 1.27 bits per heavy atom. The second-order valence-corrected chi connectivity index (χ2v) is 11.7. The quantitative estimate of drug-likeness (QED) is 0.169. The highest BCUT2D eigenvalue weighted by atomic mass is 19.1. The van der Waals surface area contributed by atoms with E-state index in [-0.39, 0.29) is 36.9 Å². The first-order valence-electron chi connectivity index (χ1n) is 15.6. The van der Waals surface area contributed by atoms with E-state index in [2.05, 4.69) is 18.2 Å². The molecule has 2 atom stereocenters. The zero-order valence-corrected chi connectivity index (χ0v) is 24.3. The van der Waals surface area contributed by atoms with E-state index in [1.54, 1.807) is 0 Å². The zero-order chi connectivity index (χ0) is 28.9. The van der Waals surface area contributed by atoms with Crippen LogP contribution in [0.15, 0.2) is 18.2 Å². The van der Waals surface area contributed by atoms with E-state index >= 15 is 0 Å². The van der Waals surface area contributed by atoms with Gasteiger partial charge >= 0.3 is 11.9 Å². The molecule has 0 aromatic heterocycles. The minimum Gasteiger partial charge on any atom is -0.460 e. The van der Waals surface area contributed by atoms with Crippen LogP contribution in [0.25, 0.3) is 0 Å². The number of esters is 2. The van der Waals surface area contributed by atoms with Gasteiger partial charge in [0.15, 0.2) is 12.3 Å². The summed E-state index contributed by atoms with van der Waals surface area (Å²) in [6, 6.07) is 8.54. The van der Waals surface area contributed by atoms with Crippen LogP contribution in [-0.2, 0) is 19.1 Å². The fraction of sp³-hybridized carbons (Fsp3) is 0.727. The minimum absolute atomic E-state index is 0.213. The predicted octanol–water partition coefficient (Wildman–Crippen LogP) is 8.53. The Bertz CT molecular complexity index is 977. The third kappa shape index (κ3) is 9.56. The van der Waals surface area contributed by atoms with Crippen molar-refractivity contribution in [1.82, 2.24) is 0 Å². The average molecular weight is 560 g/mol. The molecule has 0 radical (unpaired) electrons. The predicted molar refractivity (Wildman–Crippen MR) is 151 cm³/mol. The van der Waals surface area contributed by atoms with Gasteiger partial charge in [-0.15, -0.1) is 0 Å². The van der Waals surface area contributed by atoms with Crippen LogP contribution < -0.4 is 0 Å². The maximum atomic E-state index is 14.1. The lowest BCUT2D eigenvalue weighted by Crippen LogP contribution is -2.29. The van der Waals surface area contributed by atoms with Crippen LogP contribution in [0.5, 0.6) is 0 Å². The molecular weight excluding hydrogens is 512 g/mol. The standard InChI is InChI=1S/C33H47F2NO4/c1-3-5-7-9-30(34)32(37)39-27-16-11-23(12-17-27)25-15-20-29(26(21-25)22-36)24-13-18-28(19-14-24)40-33(38)31(35)10-8-6-4-2/h15,20-21,23-24,27-28,30-31H,3-14,16-19H2,1-2H3/t23?,24?,27?,28?,30-,31-/m0/s1. The van der Waals surface area contributed by atoms with E-state index < -0.39 is 24.3 Å². The molecule has 0 unspecified atom stereocenters. The Balaban J connectivity index is 1.47. The molecule has 2 aliphatic carbocycles. The molecule has 0 heterocycles. The topological polar surface area (TPSA) is 76.4 Å². The molecule has 40 heavy (non-hydrogen) atoms. The molecule has 2 fully saturated rings. The number of nitriles is 1. The molecule has 7 heteroatoms. The number of hydrogen-bond acceptors (Lipinski definition) is 5. The fourth-order valence-corrected chi connectivity index (χ4v) is 6.15. The molecule has 0 spiro atoms. The molecular formula is C33H47F2NO4. The molecule has 0 bridgehead atoms. The third-order valence-corrected chi connectivity index (χ3v) is 8.66. The molecule has 1 aromatic carbocycles. The zero-order valence-electron chi connectivity index (χ0n) is 24.3. The maximum Gasteiger partial charge on any atom is 0.340 e. The summed E-state index contributed by atoms with van der Waals surface area (Å²) in [5.41, 5.74) is 2.82. The van der Waals surface area contributed by atoms with Gasteiger partial charge in [0.05, 0.1) is 11.6 Å². The smallest absolute Gasteiger partial charge is 0.340 e. The molecule has 3 rings (SSSR count). The monoisotopic (exact) mass is 559 g/mol. The van der Waals surface area contributed by atoms with Gasteiger partial charge < -0.3 is 9.47 Å². The number of carbonyl (C=O) groups is 2. The van der Waals surface area contributed by atoms with Crippen LogP contribution in [0.4, 0.5) is 8.78 Å². The van der Waals surface area contributed by atoms with E-state index in [1.807, 2.05) is 19.9 Å². The van der Waals surface area contributed by atoms with Crippen molar-refractivity contribution in [1.29, 1.82) is 5.26 Å². The summed E-state index contributed by atoms with van der Waals surface area (Å²) in [7, 11) is 0. The van der Waals surface area contributed by atoms with Gasteiger partial charge in [0.25, 0.3) is 0 Å². The van der Waals surface area contributed by atoms with Gasteiger partial charge in [-0.25, -0.2) is 18.4 Å². The van der Waals surface area contributed by atoms with Crippen molar-refractivity contribution in [2.45, 2.75) is 153 Å². The molecule has 0 saturated heterocycles. The second-order valence-electron chi connectivity index (χ2n) is 11.7. The van der Waals surface area contributed by atoms with E-state index in [0.717, 1.165) is 62.5 Å². The lowest BCUT2D eigenvalue weighted by atomic mass is 9.78. The molecule has 0 aliphatic heterocycles. The molecule has 0 N–H and O–H groups in total. The van der Waals surface area contributed by atoms with Crippen LogP contribution in [0, 0.1) is 11.3 Å². The first-order valence-corrected chi connectivity index (χ1v) is 15.6. The van der Waals surface area contributed by atoms with Gasteiger partial charge in [0.1, 0.15) is 12.2 Å². The minimum atomic E-state index is -1.54. The summed E-state index contributed by atoms with van der Waals surface area (Å²) in [4.78, 5) is 24.2. The van der Waals surface area contributed by atoms with Crippen molar-refractivity contribution in [3.05, 3.63) is 34.9 Å². The molecule has 222 valence electrons. The van der Waals surface area contributed by atoms with E-state index in [0.29, 0.717) is 44.1 Å². The Hall–Kier alpha value is -2.49. The second kappa shape index (κ2) is 16.7. The Kier molecular flexibility index (Phi) is 13.4. The van der Waals surface area contributed by atoms with Crippen molar-refractivity contribution >= 4 is 11.9 Å². The molecule has 2 aliphatic rings. The van der Waals surface area contributed by atoms with Gasteiger partial charge in [0.2, 0.25) is 0 Å². The number of benzene rings is 1. The number of halogens is 2. The molecule has 5 nitrogen and oxygen atoms in total. The Labute approximate surface area is 239 Å². The van der Waals surface area contributed by atoms with Crippen molar-refractivity contribution in [2.24, 2.45) is 0 Å². The number of unbranched alkanes of at least 4 members (excludes halogenated alkanes) is 4. The normalized spacial score (nSPS) is 24.5. The van der Waals surface area contributed by atoms with Crippen LogP contribution >= 0.6 is 0 Å². The largest absolute Gasteiger partial charge is 0.460 e. The van der Waals surface area contributed by atoms with Crippen LogP contribution in [0.3, 0.4) is 0 Å². The van der Waals surface area contributed by atoms with Gasteiger partial charge in [-0.05, 0) is 106 Å². The number of hydrogen-bond donors (Lipinski definition) is 0. The number of ether oxygens (including phenoxy) is 2. The SMILES string of the molecule is CCCCC[C@H](F)C(=O)OC1CCC(c2ccc(C3CCC(OC(=O)[C@@H](F)CCCCC)CC3)c(C#N)c2)CC1. The van der Waals surface area contributed by atoms with Gasteiger partial charge in [-0.2, -0.15) is 5.26 Å². The summed E-state index contributed by atoms with van der Waals surface area (Å²) in [6.07, 6.45) is 8.07. The summed E-state index contributed by atoms with van der Waals surface area (Å²) < 4.78 is 39.1. The van der Waals surface area contributed by atoms with Gasteiger partial charge in [0, 0.05) is 0 Å². The third-order valence-electron chi connectivity index (χ3n) is 8.66. The number of alkyl halides is 2. The molecule has 0 amide bonds. The summed E-state index contributed by atoms with van der Waals surface area (Å²) in [5, 5.41) is 9.91. The van der Waals surface area contributed by atoms with Crippen molar-refractivity contribution in [3.8, 4) is 6.07 Å². The summed E-state index contributed by atoms with van der Waals surface area (Å²) in [5.74, 6) is -0.965. The van der Waals surface area contributed by atoms with E-state index in [9.17, 15) is 23.6 Å². The number of rotatable bonds is 14. The van der Waals surface area contributed by atoms with Gasteiger partial charge in [-0.3, -0.25) is 0 Å².